The first-order valence-corrected chi connectivity index (χ1v) is 8.39. The van der Waals surface area contributed by atoms with E-state index < -0.39 is 6.10 Å². The molecule has 0 aliphatic carbocycles. The molecule has 3 rings (SSSR count). The van der Waals surface area contributed by atoms with Gasteiger partial charge < -0.3 is 14.6 Å². The minimum Gasteiger partial charge on any atom is -0.378 e. The second-order valence-corrected chi connectivity index (χ2v) is 6.85. The Labute approximate surface area is 142 Å². The summed E-state index contributed by atoms with van der Waals surface area (Å²) in [6, 6.07) is 9.20. The second kappa shape index (κ2) is 6.73. The molecule has 1 aliphatic heterocycles. The van der Waals surface area contributed by atoms with E-state index in [1.165, 1.54) is 0 Å². The summed E-state index contributed by atoms with van der Waals surface area (Å²) in [7, 11) is 0. The van der Waals surface area contributed by atoms with Gasteiger partial charge in [-0.05, 0) is 24.8 Å². The van der Waals surface area contributed by atoms with E-state index in [-0.39, 0.29) is 11.9 Å². The molecule has 2 atom stereocenters. The summed E-state index contributed by atoms with van der Waals surface area (Å²) in [5.41, 5.74) is 0.617. The molecular weight excluding hydrogens is 304 g/mol. The molecule has 0 saturated carbocycles. The van der Waals surface area contributed by atoms with E-state index in [1.807, 2.05) is 25.1 Å². The molecule has 2 aromatic rings. The van der Waals surface area contributed by atoms with Crippen LogP contribution < -0.4 is 0 Å². The standard InChI is InChI=1S/C18H24N4O2/c1-12(2)9-15-10-21(11-16-20-19-13(3)22(15)16)18(24)17(23)14-7-5-4-6-8-14/h4-8,12,15,17,23H,9-11H2,1-3H3/t15-,17+/m0/s1. The number of amides is 1. The van der Waals surface area contributed by atoms with Crippen LogP contribution in [-0.4, -0.2) is 37.2 Å². The summed E-state index contributed by atoms with van der Waals surface area (Å²) in [4.78, 5) is 14.5. The van der Waals surface area contributed by atoms with Crippen LogP contribution >= 0.6 is 0 Å². The van der Waals surface area contributed by atoms with Crippen molar-refractivity contribution in [2.45, 2.75) is 45.9 Å². The summed E-state index contributed by atoms with van der Waals surface area (Å²) in [6.07, 6.45) is -0.196. The number of benzene rings is 1. The number of carbonyl (C=O) groups excluding carboxylic acids is 1. The molecule has 24 heavy (non-hydrogen) atoms. The number of fused-ring (bicyclic) bond motifs is 1. The maximum absolute atomic E-state index is 12.8. The van der Waals surface area contributed by atoms with Crippen LogP contribution in [0.2, 0.25) is 0 Å². The van der Waals surface area contributed by atoms with Gasteiger partial charge in [-0.3, -0.25) is 4.79 Å². The Morgan fingerprint density at radius 1 is 1.29 bits per heavy atom. The maximum Gasteiger partial charge on any atom is 0.256 e. The number of carbonyl (C=O) groups is 1. The number of rotatable bonds is 4. The van der Waals surface area contributed by atoms with E-state index in [9.17, 15) is 9.90 Å². The monoisotopic (exact) mass is 328 g/mol. The number of aliphatic hydroxyl groups excluding tert-OH is 1. The molecule has 2 heterocycles. The lowest BCUT2D eigenvalue weighted by atomic mass is 10.0. The Kier molecular flexibility index (Phi) is 4.66. The maximum atomic E-state index is 12.8. The molecule has 0 bridgehead atoms. The van der Waals surface area contributed by atoms with Crippen LogP contribution in [0.3, 0.4) is 0 Å². The molecule has 0 fully saturated rings. The zero-order valence-corrected chi connectivity index (χ0v) is 14.4. The molecule has 1 aromatic heterocycles. The van der Waals surface area contributed by atoms with Gasteiger partial charge in [0.25, 0.3) is 5.91 Å². The predicted molar refractivity (Wildman–Crippen MR) is 90.1 cm³/mol. The van der Waals surface area contributed by atoms with Gasteiger partial charge in [-0.1, -0.05) is 44.2 Å². The molecule has 0 saturated heterocycles. The van der Waals surface area contributed by atoms with Crippen molar-refractivity contribution in [2.75, 3.05) is 6.54 Å². The van der Waals surface area contributed by atoms with Crippen LogP contribution in [0, 0.1) is 12.8 Å². The number of nitrogens with zero attached hydrogens (tertiary/aromatic N) is 4. The van der Waals surface area contributed by atoms with E-state index in [2.05, 4.69) is 28.6 Å². The summed E-state index contributed by atoms with van der Waals surface area (Å²) in [5.74, 6) is 1.89. The van der Waals surface area contributed by atoms with E-state index in [0.717, 1.165) is 18.1 Å². The highest BCUT2D eigenvalue weighted by Crippen LogP contribution is 2.29. The Morgan fingerprint density at radius 3 is 2.67 bits per heavy atom. The van der Waals surface area contributed by atoms with Crippen molar-refractivity contribution in [3.63, 3.8) is 0 Å². The predicted octanol–water partition coefficient (Wildman–Crippen LogP) is 2.25. The zero-order chi connectivity index (χ0) is 17.3. The first kappa shape index (κ1) is 16.6. The Morgan fingerprint density at radius 2 is 2.00 bits per heavy atom. The molecule has 0 unspecified atom stereocenters. The SMILES string of the molecule is Cc1nnc2n1[C@@H](CC(C)C)CN(C(=O)[C@H](O)c1ccccc1)C2. The minimum absolute atomic E-state index is 0.149. The van der Waals surface area contributed by atoms with Gasteiger partial charge in [-0.15, -0.1) is 10.2 Å². The number of hydrogen-bond donors (Lipinski definition) is 1. The first-order chi connectivity index (χ1) is 11.5. The van der Waals surface area contributed by atoms with Crippen LogP contribution in [0.15, 0.2) is 30.3 Å². The minimum atomic E-state index is -1.14. The average molecular weight is 328 g/mol. The summed E-state index contributed by atoms with van der Waals surface area (Å²) in [5, 5.41) is 18.8. The van der Waals surface area contributed by atoms with Crippen molar-refractivity contribution in [2.24, 2.45) is 5.92 Å². The van der Waals surface area contributed by atoms with Gasteiger partial charge in [0.1, 0.15) is 5.82 Å². The molecule has 1 amide bonds. The zero-order valence-electron chi connectivity index (χ0n) is 14.4. The highest BCUT2D eigenvalue weighted by Gasteiger charge is 2.33. The fraction of sp³-hybridized carbons (Fsp3) is 0.500. The molecule has 1 N–H and O–H groups in total. The van der Waals surface area contributed by atoms with Gasteiger partial charge in [-0.2, -0.15) is 0 Å². The van der Waals surface area contributed by atoms with E-state index in [4.69, 9.17) is 0 Å². The summed E-state index contributed by atoms with van der Waals surface area (Å²) >= 11 is 0. The molecule has 0 radical (unpaired) electrons. The Bertz CT molecular complexity index is 711. The molecule has 6 heteroatoms. The van der Waals surface area contributed by atoms with E-state index in [1.54, 1.807) is 17.0 Å². The van der Waals surface area contributed by atoms with Crippen LogP contribution in [0.5, 0.6) is 0 Å². The number of aromatic nitrogens is 3. The van der Waals surface area contributed by atoms with Crippen molar-refractivity contribution in [3.8, 4) is 0 Å². The van der Waals surface area contributed by atoms with Gasteiger partial charge in [0.05, 0.1) is 12.6 Å². The fourth-order valence-corrected chi connectivity index (χ4v) is 3.41. The normalized spacial score (nSPS) is 18.5. The number of aryl methyl sites for hydroxylation is 1. The van der Waals surface area contributed by atoms with Crippen molar-refractivity contribution in [1.82, 2.24) is 19.7 Å². The first-order valence-electron chi connectivity index (χ1n) is 8.39. The van der Waals surface area contributed by atoms with E-state index >= 15 is 0 Å². The van der Waals surface area contributed by atoms with Gasteiger partial charge in [0.15, 0.2) is 11.9 Å². The number of aliphatic hydroxyl groups is 1. The van der Waals surface area contributed by atoms with E-state index in [0.29, 0.717) is 24.6 Å². The lowest BCUT2D eigenvalue weighted by Crippen LogP contribution is -2.43. The number of hydrogen-bond acceptors (Lipinski definition) is 4. The smallest absolute Gasteiger partial charge is 0.256 e. The second-order valence-electron chi connectivity index (χ2n) is 6.85. The third-order valence-corrected chi connectivity index (χ3v) is 4.47. The van der Waals surface area contributed by atoms with Crippen LogP contribution in [0.4, 0.5) is 0 Å². The van der Waals surface area contributed by atoms with Crippen molar-refractivity contribution < 1.29 is 9.90 Å². The van der Waals surface area contributed by atoms with Crippen LogP contribution in [0.1, 0.15) is 49.6 Å². The van der Waals surface area contributed by atoms with Crippen molar-refractivity contribution in [1.29, 1.82) is 0 Å². The topological polar surface area (TPSA) is 71.2 Å². The van der Waals surface area contributed by atoms with Gasteiger partial charge in [0, 0.05) is 6.54 Å². The van der Waals surface area contributed by atoms with Crippen molar-refractivity contribution in [3.05, 3.63) is 47.5 Å². The molecule has 1 aromatic carbocycles. The largest absolute Gasteiger partial charge is 0.378 e. The lowest BCUT2D eigenvalue weighted by Gasteiger charge is -2.36. The Balaban J connectivity index is 1.83. The average Bonchev–Trinajstić information content (AvgIpc) is 2.95. The van der Waals surface area contributed by atoms with Crippen LogP contribution in [-0.2, 0) is 11.3 Å². The highest BCUT2D eigenvalue weighted by atomic mass is 16.3. The quantitative estimate of drug-likeness (QED) is 0.934. The molecule has 128 valence electrons. The van der Waals surface area contributed by atoms with Gasteiger partial charge in [0.2, 0.25) is 0 Å². The van der Waals surface area contributed by atoms with Gasteiger partial charge in [-0.25, -0.2) is 0 Å². The Hall–Kier alpha value is -2.21. The van der Waals surface area contributed by atoms with Crippen LogP contribution in [0.25, 0.3) is 0 Å². The van der Waals surface area contributed by atoms with Gasteiger partial charge >= 0.3 is 0 Å². The summed E-state index contributed by atoms with van der Waals surface area (Å²) in [6.45, 7) is 7.24. The fourth-order valence-electron chi connectivity index (χ4n) is 3.41. The third kappa shape index (κ3) is 3.19. The molecule has 1 aliphatic rings. The highest BCUT2D eigenvalue weighted by molar-refractivity contribution is 5.82. The molecule has 0 spiro atoms. The third-order valence-electron chi connectivity index (χ3n) is 4.47. The lowest BCUT2D eigenvalue weighted by molar-refractivity contribution is -0.142. The molecule has 6 nitrogen and oxygen atoms in total. The molecular formula is C18H24N4O2. The summed E-state index contributed by atoms with van der Waals surface area (Å²) < 4.78 is 2.14. The van der Waals surface area contributed by atoms with Crippen molar-refractivity contribution >= 4 is 5.91 Å².